The molecule has 0 radical (unpaired) electrons. The van der Waals surface area contributed by atoms with Gasteiger partial charge in [0.25, 0.3) is 0 Å². The van der Waals surface area contributed by atoms with Crippen LogP contribution in [0.4, 0.5) is 0 Å². The van der Waals surface area contributed by atoms with Crippen LogP contribution in [0.15, 0.2) is 11.6 Å². The number of aliphatic hydroxyl groups excluding tert-OH is 11. The highest BCUT2D eigenvalue weighted by Gasteiger charge is 2.70. The van der Waals surface area contributed by atoms with Crippen molar-refractivity contribution in [1.29, 1.82) is 0 Å². The van der Waals surface area contributed by atoms with Gasteiger partial charge in [0.1, 0.15) is 73.2 Å². The molecule has 0 unspecified atom stereocenters. The van der Waals surface area contributed by atoms with E-state index in [0.29, 0.717) is 25.7 Å². The third-order valence-electron chi connectivity index (χ3n) is 21.0. The number of fused-ring (bicyclic) bond motifs is 7. The summed E-state index contributed by atoms with van der Waals surface area (Å²) in [4.78, 5) is 15.2. The van der Waals surface area contributed by atoms with Crippen LogP contribution < -0.4 is 0 Å². The molecule has 0 bridgehead atoms. The molecule has 0 aromatic heterocycles. The van der Waals surface area contributed by atoms with Crippen molar-refractivity contribution in [2.24, 2.45) is 50.2 Å². The lowest BCUT2D eigenvalue weighted by molar-refractivity contribution is -0.361. The summed E-state index contributed by atoms with van der Waals surface area (Å²) in [6.07, 6.45) is -17.8. The number of hydrogen-bond acceptors (Lipinski definition) is 20. The Bertz CT molecular complexity index is 2020. The normalized spacial score (nSPS) is 54.7. The van der Waals surface area contributed by atoms with Crippen molar-refractivity contribution in [3.8, 4) is 0 Å². The van der Waals surface area contributed by atoms with Gasteiger partial charge in [0, 0.05) is 0 Å². The Morgan fingerprint density at radius 2 is 1.22 bits per heavy atom. The van der Waals surface area contributed by atoms with E-state index in [2.05, 4.69) is 54.5 Å². The second-order valence-corrected chi connectivity index (χ2v) is 25.8. The van der Waals surface area contributed by atoms with Crippen LogP contribution in [0.2, 0.25) is 0 Å². The molecule has 9 aliphatic rings. The number of aliphatic hydroxyl groups is 11. The molecule has 0 amide bonds. The fourth-order valence-corrected chi connectivity index (χ4v) is 16.1. The lowest BCUT2D eigenvalue weighted by atomic mass is 9.33. The minimum Gasteiger partial charge on any atom is -0.432 e. The average Bonchev–Trinajstić information content (AvgIpc) is 3.33. The van der Waals surface area contributed by atoms with Crippen LogP contribution in [0.3, 0.4) is 0 Å². The predicted molar refractivity (Wildman–Crippen MR) is 254 cm³/mol. The van der Waals surface area contributed by atoms with E-state index in [1.165, 1.54) is 19.4 Å². The summed E-state index contributed by atoms with van der Waals surface area (Å²) in [5.41, 5.74) is -0.787. The summed E-state index contributed by atoms with van der Waals surface area (Å²) < 4.78 is 48.0. The van der Waals surface area contributed by atoms with Gasteiger partial charge in [-0.15, -0.1) is 0 Å². The number of rotatable bonds is 9. The van der Waals surface area contributed by atoms with E-state index in [1.54, 1.807) is 0 Å². The van der Waals surface area contributed by atoms with Crippen molar-refractivity contribution in [1.82, 2.24) is 0 Å². The van der Waals surface area contributed by atoms with Gasteiger partial charge in [0.2, 0.25) is 6.29 Å². The van der Waals surface area contributed by atoms with Gasteiger partial charge in [0.05, 0.1) is 36.9 Å². The Morgan fingerprint density at radius 1 is 0.616 bits per heavy atom. The number of carbonyl (C=O) groups is 1. The molecule has 8 fully saturated rings. The molecule has 0 aromatic rings. The van der Waals surface area contributed by atoms with Crippen molar-refractivity contribution in [2.45, 2.75) is 249 Å². The van der Waals surface area contributed by atoms with Crippen LogP contribution in [0.25, 0.3) is 0 Å². The molecule has 4 saturated carbocycles. The second-order valence-electron chi connectivity index (χ2n) is 25.8. The quantitative estimate of drug-likeness (QED) is 0.0859. The topological polar surface area (TPSA) is 313 Å². The fourth-order valence-electron chi connectivity index (χ4n) is 16.1. The molecule has 9 rings (SSSR count). The minimum absolute atomic E-state index is 0.109. The van der Waals surface area contributed by atoms with E-state index in [0.717, 1.165) is 38.5 Å². The largest absolute Gasteiger partial charge is 0.432 e. The van der Waals surface area contributed by atoms with E-state index in [9.17, 15) is 56.2 Å². The Morgan fingerprint density at radius 3 is 1.85 bits per heavy atom. The highest BCUT2D eigenvalue weighted by atomic mass is 16.8. The number of hydrogen-bond donors (Lipinski definition) is 11. The van der Waals surface area contributed by atoms with E-state index in [1.807, 2.05) is 0 Å². The van der Waals surface area contributed by atoms with Crippen LogP contribution in [0.5, 0.6) is 0 Å². The summed E-state index contributed by atoms with van der Waals surface area (Å²) in [6.45, 7) is 18.3. The molecule has 20 heteroatoms. The first kappa shape index (κ1) is 56.2. The molecule has 11 N–H and O–H groups in total. The number of carbonyl (C=O) groups excluding carboxylic acids is 1. The molecule has 20 nitrogen and oxygen atoms in total. The summed E-state index contributed by atoms with van der Waals surface area (Å²) in [5.74, 6) is -0.251. The second kappa shape index (κ2) is 20.0. The Hall–Kier alpha value is -1.51. The summed E-state index contributed by atoms with van der Waals surface area (Å²) in [5, 5.41) is 118. The zero-order chi connectivity index (χ0) is 53.3. The van der Waals surface area contributed by atoms with Crippen molar-refractivity contribution in [3.63, 3.8) is 0 Å². The molecule has 4 heterocycles. The van der Waals surface area contributed by atoms with Gasteiger partial charge in [-0.2, -0.15) is 0 Å². The van der Waals surface area contributed by atoms with E-state index in [4.69, 9.17) is 37.9 Å². The number of allylic oxidation sites excluding steroid dienone is 2. The first-order valence-corrected chi connectivity index (χ1v) is 26.9. The van der Waals surface area contributed by atoms with Gasteiger partial charge in [0.15, 0.2) is 25.0 Å². The maximum absolute atomic E-state index is 15.2. The monoisotopic (exact) mass is 1040 g/mol. The molecular weight excluding hydrogens is 957 g/mol. The van der Waals surface area contributed by atoms with Gasteiger partial charge < -0.3 is 94.1 Å². The maximum Gasteiger partial charge on any atom is 0.315 e. The fraction of sp³-hybridized carbons (Fsp3) is 0.943. The van der Waals surface area contributed by atoms with Crippen LogP contribution >= 0.6 is 0 Å². The Balaban J connectivity index is 0.923. The summed E-state index contributed by atoms with van der Waals surface area (Å²) in [6, 6.07) is 0. The van der Waals surface area contributed by atoms with Crippen molar-refractivity contribution in [2.75, 3.05) is 13.2 Å². The summed E-state index contributed by atoms with van der Waals surface area (Å²) >= 11 is 0. The lowest BCUT2D eigenvalue weighted by Gasteiger charge is -2.71. The average molecular weight is 1040 g/mol. The zero-order valence-electron chi connectivity index (χ0n) is 43.9. The first-order chi connectivity index (χ1) is 34.1. The van der Waals surface area contributed by atoms with Gasteiger partial charge in [-0.1, -0.05) is 60.1 Å². The van der Waals surface area contributed by atoms with Crippen molar-refractivity contribution < 1.29 is 98.9 Å². The minimum atomic E-state index is -1.77. The standard InChI is InChI=1S/C53H86O20/c1-23-32(55)36(59)40(63)44(67-23)70-28-22-66-43(39(62)35(28)58)71-31-13-14-50(7)29(49(31,5)6)12-15-52(9)30(50)11-10-25-26-20-48(3,4)16-18-53(26,19-17-51(25,52)8)47(65)73-46-42(38(61)34(57)27(21-54)69-46)72-45-41(64)37(60)33(56)24(2)68-45/h10,23-24,26-46,54-64H,11-22H2,1-9H3/t23-,24+,26-,27+,28-,29+,30-,31-,32-,33-,34-,35+,36+,37+,38+,39-,40-,41+,42+,43-,44-,45+,46+,50+,51-,52+,53+/m0/s1. The molecule has 27 atom stereocenters. The van der Waals surface area contributed by atoms with E-state index < -0.39 is 135 Å². The molecule has 418 valence electrons. The van der Waals surface area contributed by atoms with Crippen LogP contribution in [-0.2, 0) is 42.7 Å². The smallest absolute Gasteiger partial charge is 0.315 e. The molecule has 0 aromatic carbocycles. The van der Waals surface area contributed by atoms with Gasteiger partial charge in [-0.05, 0) is 123 Å². The Kier molecular flexibility index (Phi) is 15.4. The molecule has 4 aliphatic heterocycles. The Labute approximate surface area is 428 Å². The number of esters is 1. The van der Waals surface area contributed by atoms with Crippen molar-refractivity contribution in [3.05, 3.63) is 11.6 Å². The van der Waals surface area contributed by atoms with Gasteiger partial charge in [-0.3, -0.25) is 4.79 Å². The number of ether oxygens (including phenoxy) is 8. The highest BCUT2D eigenvalue weighted by Crippen LogP contribution is 2.76. The summed E-state index contributed by atoms with van der Waals surface area (Å²) in [7, 11) is 0. The zero-order valence-corrected chi connectivity index (χ0v) is 43.9. The third kappa shape index (κ3) is 9.11. The molecule has 73 heavy (non-hydrogen) atoms. The molecule has 0 spiro atoms. The van der Waals surface area contributed by atoms with Crippen LogP contribution in [0, 0.1) is 50.2 Å². The predicted octanol–water partition coefficient (Wildman–Crippen LogP) is 0.659. The van der Waals surface area contributed by atoms with E-state index in [-0.39, 0.29) is 57.5 Å². The van der Waals surface area contributed by atoms with Crippen LogP contribution in [-0.4, -0.2) is 198 Å². The molecule has 4 saturated heterocycles. The van der Waals surface area contributed by atoms with Crippen LogP contribution in [0.1, 0.15) is 127 Å². The van der Waals surface area contributed by atoms with Gasteiger partial charge >= 0.3 is 5.97 Å². The lowest BCUT2D eigenvalue weighted by Crippen LogP contribution is -2.66. The van der Waals surface area contributed by atoms with Crippen molar-refractivity contribution >= 4 is 5.97 Å². The highest BCUT2D eigenvalue weighted by molar-refractivity contribution is 5.79. The first-order valence-electron chi connectivity index (χ1n) is 26.9. The SMILES string of the molecule is C[C@@H]1O[C@@H](O[C@H]2CO[C@@H](O[C@H]3CC[C@]4(C)[C@H](CC[C@]5(C)[C@H]4CC=C4[C@@H]6CC(C)(C)CC[C@@]6(C(=O)O[C@H]6O[C@H](CO)[C@H](O)[C@@H](O)[C@H]6O[C@H]6O[C@H](C)[C@H](O)[C@@H](O)[C@H]6O)CC[C@@]45C)C3(C)C)[C@@H](O)[C@@H]2O)[C@@H](O)[C@H](O)[C@H]1O. The van der Waals surface area contributed by atoms with Gasteiger partial charge in [-0.25, -0.2) is 0 Å². The van der Waals surface area contributed by atoms with E-state index >= 15 is 4.79 Å². The maximum atomic E-state index is 15.2. The third-order valence-corrected chi connectivity index (χ3v) is 21.0. The molecular formula is C53H86O20. The molecule has 5 aliphatic carbocycles.